The average Bonchev–Trinajstić information content (AvgIpc) is 2.24. The van der Waals surface area contributed by atoms with Crippen molar-refractivity contribution in [3.63, 3.8) is 0 Å². The Balaban J connectivity index is 4.69. The first kappa shape index (κ1) is 16.9. The van der Waals surface area contributed by atoms with Crippen molar-refractivity contribution in [3.8, 4) is 0 Å². The zero-order valence-electron chi connectivity index (χ0n) is 12.0. The first-order valence-corrected chi connectivity index (χ1v) is 6.39. The van der Waals surface area contributed by atoms with Crippen LogP contribution in [0.15, 0.2) is 0 Å². The van der Waals surface area contributed by atoms with Gasteiger partial charge in [-0.15, -0.1) is 0 Å². The molecule has 0 heterocycles. The highest BCUT2D eigenvalue weighted by Crippen LogP contribution is 2.21. The zero-order valence-corrected chi connectivity index (χ0v) is 12.0. The first-order valence-electron chi connectivity index (χ1n) is 6.39. The summed E-state index contributed by atoms with van der Waals surface area (Å²) in [6.07, 6.45) is 0.850. The summed E-state index contributed by atoms with van der Waals surface area (Å²) in [4.78, 5) is 23.1. The molecule has 5 nitrogen and oxygen atoms in total. The molecule has 0 radical (unpaired) electrons. The lowest BCUT2D eigenvalue weighted by Gasteiger charge is -2.31. The summed E-state index contributed by atoms with van der Waals surface area (Å²) in [5, 5.41) is 11.8. The molecule has 0 aromatic rings. The molecule has 0 aliphatic rings. The van der Waals surface area contributed by atoms with Crippen molar-refractivity contribution >= 4 is 11.9 Å². The van der Waals surface area contributed by atoms with Crippen LogP contribution in [-0.4, -0.2) is 28.6 Å². The largest absolute Gasteiger partial charge is 0.480 e. The molecule has 18 heavy (non-hydrogen) atoms. The third kappa shape index (κ3) is 4.29. The number of carbonyl (C=O) groups is 2. The predicted octanol–water partition coefficient (Wildman–Crippen LogP) is 1.51. The predicted molar refractivity (Wildman–Crippen MR) is 71.1 cm³/mol. The van der Waals surface area contributed by atoms with Gasteiger partial charge in [0.2, 0.25) is 5.91 Å². The molecule has 1 unspecified atom stereocenters. The first-order chi connectivity index (χ1) is 8.09. The molecule has 1 atom stereocenters. The van der Waals surface area contributed by atoms with E-state index >= 15 is 0 Å². The Hall–Kier alpha value is -1.10. The highest BCUT2D eigenvalue weighted by molar-refractivity contribution is 5.87. The van der Waals surface area contributed by atoms with E-state index < -0.39 is 11.5 Å². The second-order valence-corrected chi connectivity index (χ2v) is 5.82. The van der Waals surface area contributed by atoms with Crippen molar-refractivity contribution in [2.75, 3.05) is 0 Å². The molecule has 0 rings (SSSR count). The molecule has 0 saturated carbocycles. The van der Waals surface area contributed by atoms with Crippen LogP contribution in [0.2, 0.25) is 0 Å². The topological polar surface area (TPSA) is 92.4 Å². The molecule has 0 aromatic carbocycles. The third-order valence-electron chi connectivity index (χ3n) is 3.51. The van der Waals surface area contributed by atoms with Gasteiger partial charge in [-0.1, -0.05) is 34.6 Å². The van der Waals surface area contributed by atoms with Crippen LogP contribution in [0.3, 0.4) is 0 Å². The van der Waals surface area contributed by atoms with Gasteiger partial charge in [0.1, 0.15) is 5.54 Å². The molecule has 0 aliphatic heterocycles. The van der Waals surface area contributed by atoms with Gasteiger partial charge in [-0.3, -0.25) is 4.79 Å². The Morgan fingerprint density at radius 2 is 1.67 bits per heavy atom. The number of carboxylic acid groups (broad SMARTS) is 1. The molecule has 0 bridgehead atoms. The molecular formula is C13H26N2O3. The van der Waals surface area contributed by atoms with Crippen LogP contribution < -0.4 is 11.1 Å². The van der Waals surface area contributed by atoms with Crippen LogP contribution in [-0.2, 0) is 9.59 Å². The van der Waals surface area contributed by atoms with Crippen molar-refractivity contribution < 1.29 is 14.7 Å². The zero-order chi connectivity index (χ0) is 14.6. The fourth-order valence-corrected chi connectivity index (χ4v) is 1.61. The SMILES string of the molecule is CCC(CC)(NC(=O)CC(N)C(C)(C)C)C(=O)O. The maximum atomic E-state index is 11.9. The number of amides is 1. The molecule has 0 aromatic heterocycles. The molecule has 0 aliphatic carbocycles. The van der Waals surface area contributed by atoms with Crippen LogP contribution in [0.25, 0.3) is 0 Å². The molecule has 4 N–H and O–H groups in total. The van der Waals surface area contributed by atoms with Gasteiger partial charge in [-0.05, 0) is 18.3 Å². The van der Waals surface area contributed by atoms with E-state index in [-0.39, 0.29) is 23.8 Å². The lowest BCUT2D eigenvalue weighted by atomic mass is 9.85. The van der Waals surface area contributed by atoms with Crippen LogP contribution in [0, 0.1) is 5.41 Å². The minimum Gasteiger partial charge on any atom is -0.480 e. The number of carboxylic acids is 1. The van der Waals surface area contributed by atoms with E-state index in [1.807, 2.05) is 20.8 Å². The van der Waals surface area contributed by atoms with Gasteiger partial charge in [-0.2, -0.15) is 0 Å². The summed E-state index contributed by atoms with van der Waals surface area (Å²) in [6, 6.07) is -0.294. The molecule has 0 fully saturated rings. The Labute approximate surface area is 109 Å². The van der Waals surface area contributed by atoms with E-state index in [0.29, 0.717) is 12.8 Å². The highest BCUT2D eigenvalue weighted by Gasteiger charge is 2.37. The summed E-state index contributed by atoms with van der Waals surface area (Å²) in [6.45, 7) is 9.36. The second kappa shape index (κ2) is 6.18. The Morgan fingerprint density at radius 3 is 1.94 bits per heavy atom. The number of aliphatic carboxylic acids is 1. The van der Waals surface area contributed by atoms with Crippen molar-refractivity contribution in [1.29, 1.82) is 0 Å². The average molecular weight is 258 g/mol. The number of hydrogen-bond acceptors (Lipinski definition) is 3. The monoisotopic (exact) mass is 258 g/mol. The maximum Gasteiger partial charge on any atom is 0.329 e. The van der Waals surface area contributed by atoms with Crippen LogP contribution in [0.5, 0.6) is 0 Å². The fraction of sp³-hybridized carbons (Fsp3) is 0.846. The van der Waals surface area contributed by atoms with Gasteiger partial charge in [0, 0.05) is 12.5 Å². The van der Waals surface area contributed by atoms with Crippen molar-refractivity contribution in [2.45, 2.75) is 65.5 Å². The van der Waals surface area contributed by atoms with E-state index in [1.54, 1.807) is 13.8 Å². The van der Waals surface area contributed by atoms with Crippen molar-refractivity contribution in [3.05, 3.63) is 0 Å². The highest BCUT2D eigenvalue weighted by atomic mass is 16.4. The van der Waals surface area contributed by atoms with Crippen molar-refractivity contribution in [2.24, 2.45) is 11.1 Å². The van der Waals surface area contributed by atoms with Gasteiger partial charge in [-0.25, -0.2) is 4.79 Å². The number of carbonyl (C=O) groups excluding carboxylic acids is 1. The molecule has 5 heteroatoms. The quantitative estimate of drug-likeness (QED) is 0.673. The van der Waals surface area contributed by atoms with Crippen LogP contribution >= 0.6 is 0 Å². The summed E-state index contributed by atoms with van der Waals surface area (Å²) in [7, 11) is 0. The summed E-state index contributed by atoms with van der Waals surface area (Å²) in [5.74, 6) is -1.30. The number of rotatable bonds is 6. The molecule has 0 saturated heterocycles. The molecule has 106 valence electrons. The normalized spacial score (nSPS) is 14.1. The summed E-state index contributed by atoms with van der Waals surface area (Å²) >= 11 is 0. The Bertz CT molecular complexity index is 304. The van der Waals surface area contributed by atoms with Crippen LogP contribution in [0.1, 0.15) is 53.9 Å². The summed E-state index contributed by atoms with van der Waals surface area (Å²) in [5.41, 5.74) is 4.57. The third-order valence-corrected chi connectivity index (χ3v) is 3.51. The Morgan fingerprint density at radius 1 is 1.22 bits per heavy atom. The van der Waals surface area contributed by atoms with Gasteiger partial charge in [0.25, 0.3) is 0 Å². The minimum atomic E-state index is -1.17. The standard InChI is InChI=1S/C13H26N2O3/c1-6-13(7-2,11(17)18)15-10(16)8-9(14)12(3,4)5/h9H,6-8,14H2,1-5H3,(H,15,16)(H,17,18). The maximum absolute atomic E-state index is 11.9. The van der Waals surface area contributed by atoms with Gasteiger partial charge < -0.3 is 16.2 Å². The number of hydrogen-bond donors (Lipinski definition) is 3. The summed E-state index contributed by atoms with van der Waals surface area (Å²) < 4.78 is 0. The van der Waals surface area contributed by atoms with Crippen LogP contribution in [0.4, 0.5) is 0 Å². The van der Waals surface area contributed by atoms with Gasteiger partial charge >= 0.3 is 5.97 Å². The minimum absolute atomic E-state index is 0.137. The Kier molecular flexibility index (Phi) is 5.80. The van der Waals surface area contributed by atoms with E-state index in [0.717, 1.165) is 0 Å². The second-order valence-electron chi connectivity index (χ2n) is 5.82. The van der Waals surface area contributed by atoms with E-state index in [4.69, 9.17) is 5.73 Å². The number of nitrogens with one attached hydrogen (secondary N) is 1. The van der Waals surface area contributed by atoms with E-state index in [1.165, 1.54) is 0 Å². The molecule has 1 amide bonds. The van der Waals surface area contributed by atoms with Gasteiger partial charge in [0.05, 0.1) is 0 Å². The van der Waals surface area contributed by atoms with Crippen molar-refractivity contribution in [1.82, 2.24) is 5.32 Å². The fourth-order valence-electron chi connectivity index (χ4n) is 1.61. The molecular weight excluding hydrogens is 232 g/mol. The smallest absolute Gasteiger partial charge is 0.329 e. The van der Waals surface area contributed by atoms with Gasteiger partial charge in [0.15, 0.2) is 0 Å². The van der Waals surface area contributed by atoms with E-state index in [2.05, 4.69) is 5.32 Å². The van der Waals surface area contributed by atoms with E-state index in [9.17, 15) is 14.7 Å². The lowest BCUT2D eigenvalue weighted by molar-refractivity contribution is -0.148. The lowest BCUT2D eigenvalue weighted by Crippen LogP contribution is -2.55. The number of nitrogens with two attached hydrogens (primary N) is 1. The molecule has 0 spiro atoms.